The fraction of sp³-hybridized carbons (Fsp3) is 0.778. The Morgan fingerprint density at radius 2 is 2.21 bits per heavy atom. The Morgan fingerprint density at radius 3 is 2.71 bits per heavy atom. The monoisotopic (exact) mass is 215 g/mol. The van der Waals surface area contributed by atoms with Gasteiger partial charge in [-0.05, 0) is 38.3 Å². The van der Waals surface area contributed by atoms with Crippen LogP contribution in [0.25, 0.3) is 0 Å². The maximum Gasteiger partial charge on any atom is 0.225 e. The van der Waals surface area contributed by atoms with Crippen molar-refractivity contribution < 1.29 is 4.74 Å². The van der Waals surface area contributed by atoms with Crippen molar-refractivity contribution in [1.29, 1.82) is 0 Å². The number of hydrogen-bond donors (Lipinski definition) is 0. The number of halogens is 1. The van der Waals surface area contributed by atoms with Gasteiger partial charge in [-0.25, -0.2) is 0 Å². The summed E-state index contributed by atoms with van der Waals surface area (Å²) in [5.74, 6) is 0.884. The zero-order valence-corrected chi connectivity index (χ0v) is 9.16. The van der Waals surface area contributed by atoms with Crippen LogP contribution in [0.4, 0.5) is 0 Å². The summed E-state index contributed by atoms with van der Waals surface area (Å²) in [5.41, 5.74) is 0. The van der Waals surface area contributed by atoms with E-state index in [-0.39, 0.29) is 0 Å². The minimum Gasteiger partial charge on any atom is -0.378 e. The molecule has 1 saturated carbocycles. The quantitative estimate of drug-likeness (QED) is 0.774. The van der Waals surface area contributed by atoms with Crippen LogP contribution in [-0.4, -0.2) is 27.5 Å². The average molecular weight is 216 g/mol. The summed E-state index contributed by atoms with van der Waals surface area (Å²) >= 11 is 5.93. The minimum atomic E-state index is 0.392. The Hall–Kier alpha value is -0.610. The van der Waals surface area contributed by atoms with Crippen LogP contribution in [-0.2, 0) is 4.74 Å². The van der Waals surface area contributed by atoms with Gasteiger partial charge >= 0.3 is 0 Å². The van der Waals surface area contributed by atoms with E-state index in [0.717, 1.165) is 25.3 Å². The van der Waals surface area contributed by atoms with E-state index in [2.05, 4.69) is 10.2 Å². The Morgan fingerprint density at radius 1 is 1.50 bits per heavy atom. The zero-order valence-electron chi connectivity index (χ0n) is 8.40. The molecule has 0 aliphatic heterocycles. The molecule has 0 aromatic carbocycles. The van der Waals surface area contributed by atoms with E-state index in [0.29, 0.717) is 17.4 Å². The van der Waals surface area contributed by atoms with Crippen LogP contribution in [0.3, 0.4) is 0 Å². The van der Waals surface area contributed by atoms with E-state index in [1.54, 1.807) is 0 Å². The Kier molecular flexibility index (Phi) is 2.74. The number of rotatable bonds is 3. The third kappa shape index (κ3) is 1.64. The van der Waals surface area contributed by atoms with Crippen LogP contribution in [0.15, 0.2) is 0 Å². The lowest BCUT2D eigenvalue weighted by Crippen LogP contribution is -2.33. The van der Waals surface area contributed by atoms with Gasteiger partial charge in [0.2, 0.25) is 5.28 Å². The van der Waals surface area contributed by atoms with Gasteiger partial charge in [0.15, 0.2) is 0 Å². The van der Waals surface area contributed by atoms with Gasteiger partial charge in [-0.1, -0.05) is 0 Å². The SMILES string of the molecule is CCOC1CC(n2c(C)nnc2Cl)C1. The Labute approximate surface area is 88.2 Å². The molecule has 0 spiro atoms. The fourth-order valence-electron chi connectivity index (χ4n) is 1.88. The molecule has 1 aliphatic carbocycles. The molecule has 2 rings (SSSR count). The first kappa shape index (κ1) is 9.93. The number of aromatic nitrogens is 3. The molecule has 0 N–H and O–H groups in total. The third-order valence-electron chi connectivity index (χ3n) is 2.66. The molecule has 1 aliphatic rings. The molecule has 1 fully saturated rings. The number of ether oxygens (including phenoxy) is 1. The second-order valence-corrected chi connectivity index (χ2v) is 3.93. The van der Waals surface area contributed by atoms with Crippen LogP contribution in [0.5, 0.6) is 0 Å². The van der Waals surface area contributed by atoms with Crippen molar-refractivity contribution in [3.05, 3.63) is 11.1 Å². The van der Waals surface area contributed by atoms with Crippen molar-refractivity contribution in [2.75, 3.05) is 6.61 Å². The first-order chi connectivity index (χ1) is 6.72. The molecule has 0 unspecified atom stereocenters. The first-order valence-corrected chi connectivity index (χ1v) is 5.28. The van der Waals surface area contributed by atoms with E-state index >= 15 is 0 Å². The van der Waals surface area contributed by atoms with Crippen LogP contribution in [0, 0.1) is 6.92 Å². The molecule has 5 heteroatoms. The molecule has 1 aromatic heterocycles. The number of nitrogens with zero attached hydrogens (tertiary/aromatic N) is 3. The van der Waals surface area contributed by atoms with Crippen LogP contribution < -0.4 is 0 Å². The summed E-state index contributed by atoms with van der Waals surface area (Å²) in [6.45, 7) is 4.73. The van der Waals surface area contributed by atoms with Gasteiger partial charge < -0.3 is 4.74 Å². The topological polar surface area (TPSA) is 39.9 Å². The summed E-state index contributed by atoms with van der Waals surface area (Å²) in [7, 11) is 0. The van der Waals surface area contributed by atoms with Gasteiger partial charge in [0.05, 0.1) is 6.10 Å². The Balaban J connectivity index is 1.99. The molecule has 14 heavy (non-hydrogen) atoms. The molecular weight excluding hydrogens is 202 g/mol. The maximum atomic E-state index is 5.93. The lowest BCUT2D eigenvalue weighted by Gasteiger charge is -2.36. The molecule has 0 bridgehead atoms. The number of aryl methyl sites for hydroxylation is 1. The molecule has 0 atom stereocenters. The lowest BCUT2D eigenvalue weighted by molar-refractivity contribution is -0.0201. The molecule has 0 saturated heterocycles. The predicted octanol–water partition coefficient (Wildman–Crippen LogP) is 1.98. The van der Waals surface area contributed by atoms with Crippen molar-refractivity contribution in [2.24, 2.45) is 0 Å². The molecule has 1 heterocycles. The summed E-state index contributed by atoms with van der Waals surface area (Å²) in [4.78, 5) is 0. The third-order valence-corrected chi connectivity index (χ3v) is 2.92. The largest absolute Gasteiger partial charge is 0.378 e. The lowest BCUT2D eigenvalue weighted by atomic mass is 9.89. The van der Waals surface area contributed by atoms with Crippen LogP contribution in [0.1, 0.15) is 31.6 Å². The average Bonchev–Trinajstić information content (AvgIpc) is 2.40. The van der Waals surface area contributed by atoms with Gasteiger partial charge in [-0.15, -0.1) is 10.2 Å². The minimum absolute atomic E-state index is 0.392. The molecule has 78 valence electrons. The van der Waals surface area contributed by atoms with Crippen molar-refractivity contribution >= 4 is 11.6 Å². The van der Waals surface area contributed by atoms with Gasteiger partial charge in [0, 0.05) is 12.6 Å². The van der Waals surface area contributed by atoms with Gasteiger partial charge in [0.1, 0.15) is 5.82 Å². The van der Waals surface area contributed by atoms with Crippen molar-refractivity contribution in [1.82, 2.24) is 14.8 Å². The summed E-state index contributed by atoms with van der Waals surface area (Å²) in [6.07, 6.45) is 2.43. The fourth-order valence-corrected chi connectivity index (χ4v) is 2.18. The second-order valence-electron chi connectivity index (χ2n) is 3.59. The van der Waals surface area contributed by atoms with E-state index in [1.165, 1.54) is 0 Å². The predicted molar refractivity (Wildman–Crippen MR) is 53.5 cm³/mol. The summed E-state index contributed by atoms with van der Waals surface area (Å²) < 4.78 is 7.47. The normalized spacial score (nSPS) is 26.2. The van der Waals surface area contributed by atoms with Crippen molar-refractivity contribution in [3.8, 4) is 0 Å². The zero-order chi connectivity index (χ0) is 10.1. The summed E-state index contributed by atoms with van der Waals surface area (Å²) in [5, 5.41) is 8.25. The highest BCUT2D eigenvalue weighted by Gasteiger charge is 2.33. The van der Waals surface area contributed by atoms with Crippen LogP contribution in [0.2, 0.25) is 5.28 Å². The first-order valence-electron chi connectivity index (χ1n) is 4.91. The highest BCUT2D eigenvalue weighted by molar-refractivity contribution is 6.28. The van der Waals surface area contributed by atoms with Gasteiger partial charge in [0.25, 0.3) is 0 Å². The summed E-state index contributed by atoms with van der Waals surface area (Å²) in [6, 6.07) is 0.425. The smallest absolute Gasteiger partial charge is 0.225 e. The van der Waals surface area contributed by atoms with E-state index in [1.807, 2.05) is 18.4 Å². The molecular formula is C9H14ClN3O. The molecule has 0 amide bonds. The standard InChI is InChI=1S/C9H14ClN3O/c1-3-14-8-4-7(5-8)13-6(2)11-12-9(13)10/h7-8H,3-5H2,1-2H3. The maximum absolute atomic E-state index is 5.93. The van der Waals surface area contributed by atoms with Gasteiger partial charge in [-0.3, -0.25) is 4.57 Å². The molecule has 0 radical (unpaired) electrons. The van der Waals surface area contributed by atoms with E-state index < -0.39 is 0 Å². The van der Waals surface area contributed by atoms with Crippen molar-refractivity contribution in [3.63, 3.8) is 0 Å². The van der Waals surface area contributed by atoms with E-state index in [4.69, 9.17) is 16.3 Å². The second kappa shape index (κ2) is 3.87. The highest BCUT2D eigenvalue weighted by atomic mass is 35.5. The van der Waals surface area contributed by atoms with Crippen LogP contribution >= 0.6 is 11.6 Å². The van der Waals surface area contributed by atoms with Crippen molar-refractivity contribution in [2.45, 2.75) is 38.8 Å². The molecule has 4 nitrogen and oxygen atoms in total. The highest BCUT2D eigenvalue weighted by Crippen LogP contribution is 2.36. The number of hydrogen-bond acceptors (Lipinski definition) is 3. The van der Waals surface area contributed by atoms with E-state index in [9.17, 15) is 0 Å². The molecule has 1 aromatic rings. The van der Waals surface area contributed by atoms with Gasteiger partial charge in [-0.2, -0.15) is 0 Å². The Bertz CT molecular complexity index is 300.